The van der Waals surface area contributed by atoms with Crippen LogP contribution in [0.1, 0.15) is 10.4 Å². The summed E-state index contributed by atoms with van der Waals surface area (Å²) >= 11 is 0. The smallest absolute Gasteiger partial charge is 0.298 e. The number of hydrogen-bond donors (Lipinski definition) is 2. The fourth-order valence-corrected chi connectivity index (χ4v) is 1.50. The standard InChI is InChI=1S/C10H4F2N2O4/c11-3-1-4(12)6-5(2-3)13-10(17)9(16)7(14-18)8(6)15/h1-2,18H,(H,13,17). The fraction of sp³-hybridized carbons (Fsp3) is 0. The predicted octanol–water partition coefficient (Wildman–Crippen LogP) is 0.499. The van der Waals surface area contributed by atoms with Crippen molar-refractivity contribution in [2.24, 2.45) is 5.16 Å². The molecule has 0 fully saturated rings. The van der Waals surface area contributed by atoms with Gasteiger partial charge in [-0.25, -0.2) is 8.78 Å². The summed E-state index contributed by atoms with van der Waals surface area (Å²) in [6, 6.07) is 1.09. The quantitative estimate of drug-likeness (QED) is 0.400. The Morgan fingerprint density at radius 1 is 1.11 bits per heavy atom. The van der Waals surface area contributed by atoms with Gasteiger partial charge in [-0.3, -0.25) is 14.4 Å². The highest BCUT2D eigenvalue weighted by molar-refractivity contribution is 6.83. The summed E-state index contributed by atoms with van der Waals surface area (Å²) in [5.74, 6) is -6.35. The van der Waals surface area contributed by atoms with Crippen LogP contribution in [0.3, 0.4) is 0 Å². The van der Waals surface area contributed by atoms with Gasteiger partial charge in [-0.1, -0.05) is 5.16 Å². The van der Waals surface area contributed by atoms with Crippen molar-refractivity contribution >= 4 is 28.9 Å². The fourth-order valence-electron chi connectivity index (χ4n) is 1.50. The molecule has 1 aliphatic heterocycles. The Hall–Kier alpha value is -2.64. The zero-order chi connectivity index (χ0) is 13.4. The largest absolute Gasteiger partial charge is 0.410 e. The van der Waals surface area contributed by atoms with Crippen molar-refractivity contribution in [3.63, 3.8) is 0 Å². The van der Waals surface area contributed by atoms with Crippen LogP contribution in [-0.4, -0.2) is 28.4 Å². The topological polar surface area (TPSA) is 95.8 Å². The lowest BCUT2D eigenvalue weighted by Crippen LogP contribution is -2.31. The molecule has 0 bridgehead atoms. The van der Waals surface area contributed by atoms with Crippen LogP contribution in [0, 0.1) is 11.6 Å². The van der Waals surface area contributed by atoms with Gasteiger partial charge in [0.2, 0.25) is 11.5 Å². The van der Waals surface area contributed by atoms with Gasteiger partial charge in [0, 0.05) is 6.07 Å². The van der Waals surface area contributed by atoms with E-state index in [1.165, 1.54) is 0 Å². The lowest BCUT2D eigenvalue weighted by atomic mass is 10.0. The number of rotatable bonds is 0. The van der Waals surface area contributed by atoms with Crippen LogP contribution in [0.4, 0.5) is 14.5 Å². The number of benzene rings is 1. The van der Waals surface area contributed by atoms with Crippen LogP contribution in [0.5, 0.6) is 0 Å². The Morgan fingerprint density at radius 3 is 2.39 bits per heavy atom. The SMILES string of the molecule is O=C1Nc2cc(F)cc(F)c2C(=O)C(=NO)C1=O. The van der Waals surface area contributed by atoms with Gasteiger partial charge in [0.1, 0.15) is 11.6 Å². The first-order valence-corrected chi connectivity index (χ1v) is 4.57. The molecule has 1 amide bonds. The van der Waals surface area contributed by atoms with Crippen molar-refractivity contribution in [3.8, 4) is 0 Å². The highest BCUT2D eigenvalue weighted by Crippen LogP contribution is 2.24. The maximum absolute atomic E-state index is 13.5. The Balaban J connectivity index is 2.75. The van der Waals surface area contributed by atoms with E-state index in [0.717, 1.165) is 0 Å². The molecule has 0 radical (unpaired) electrons. The average Bonchev–Trinajstić information content (AvgIpc) is 2.35. The minimum absolute atomic E-state index is 0.410. The van der Waals surface area contributed by atoms with Crippen LogP contribution in [0.15, 0.2) is 17.3 Å². The molecule has 1 aromatic rings. The van der Waals surface area contributed by atoms with E-state index in [0.29, 0.717) is 12.1 Å². The number of halogens is 2. The predicted molar refractivity (Wildman–Crippen MR) is 53.5 cm³/mol. The Morgan fingerprint density at radius 2 is 1.78 bits per heavy atom. The molecule has 1 heterocycles. The zero-order valence-electron chi connectivity index (χ0n) is 8.53. The third-order valence-electron chi connectivity index (χ3n) is 2.27. The molecule has 0 atom stereocenters. The minimum atomic E-state index is -1.43. The number of Topliss-reactive ketones (excluding diaryl/α,β-unsaturated/α-hetero) is 2. The van der Waals surface area contributed by atoms with E-state index in [1.807, 2.05) is 5.32 Å². The normalized spacial score (nSPS) is 17.4. The molecule has 18 heavy (non-hydrogen) atoms. The number of hydrogen-bond acceptors (Lipinski definition) is 5. The van der Waals surface area contributed by atoms with Gasteiger partial charge < -0.3 is 10.5 Å². The number of amides is 1. The molecule has 0 spiro atoms. The second kappa shape index (κ2) is 3.99. The Bertz CT molecular complexity index is 625. The molecule has 2 rings (SSSR count). The molecule has 0 aromatic heterocycles. The van der Waals surface area contributed by atoms with Gasteiger partial charge in [-0.2, -0.15) is 0 Å². The van der Waals surface area contributed by atoms with Gasteiger partial charge in [0.25, 0.3) is 11.7 Å². The number of oxime groups is 1. The molecular weight excluding hydrogens is 250 g/mol. The molecule has 0 unspecified atom stereocenters. The van der Waals surface area contributed by atoms with Gasteiger partial charge in [0.05, 0.1) is 11.3 Å². The molecule has 1 aromatic carbocycles. The van der Waals surface area contributed by atoms with Crippen LogP contribution in [-0.2, 0) is 9.59 Å². The van der Waals surface area contributed by atoms with E-state index in [9.17, 15) is 23.2 Å². The molecule has 0 aliphatic carbocycles. The van der Waals surface area contributed by atoms with Crippen molar-refractivity contribution in [1.82, 2.24) is 0 Å². The summed E-state index contributed by atoms with van der Waals surface area (Å²) in [6.45, 7) is 0. The second-order valence-electron chi connectivity index (χ2n) is 3.37. The summed E-state index contributed by atoms with van der Waals surface area (Å²) in [5, 5.41) is 12.8. The maximum atomic E-state index is 13.5. The highest BCUT2D eigenvalue weighted by atomic mass is 19.1. The third kappa shape index (κ3) is 1.63. The second-order valence-corrected chi connectivity index (χ2v) is 3.37. The van der Waals surface area contributed by atoms with Crippen LogP contribution in [0.25, 0.3) is 0 Å². The van der Waals surface area contributed by atoms with Crippen LogP contribution >= 0.6 is 0 Å². The number of nitrogens with zero attached hydrogens (tertiary/aromatic N) is 1. The summed E-state index contributed by atoms with van der Waals surface area (Å²) in [6.07, 6.45) is 0. The number of nitrogens with one attached hydrogen (secondary N) is 1. The first-order valence-electron chi connectivity index (χ1n) is 4.57. The maximum Gasteiger partial charge on any atom is 0.298 e. The van der Waals surface area contributed by atoms with Gasteiger partial charge in [-0.05, 0) is 6.07 Å². The molecule has 0 saturated carbocycles. The molecule has 1 aliphatic rings. The number of fused-ring (bicyclic) bond motifs is 1. The Labute approximate surface area is 97.9 Å². The van der Waals surface area contributed by atoms with E-state index in [2.05, 4.69) is 5.16 Å². The van der Waals surface area contributed by atoms with Crippen molar-refractivity contribution < 1.29 is 28.4 Å². The average molecular weight is 254 g/mol. The van der Waals surface area contributed by atoms with E-state index >= 15 is 0 Å². The molecule has 92 valence electrons. The van der Waals surface area contributed by atoms with Gasteiger partial charge >= 0.3 is 0 Å². The van der Waals surface area contributed by atoms with Crippen molar-refractivity contribution in [2.45, 2.75) is 0 Å². The van der Waals surface area contributed by atoms with Crippen molar-refractivity contribution in [2.75, 3.05) is 5.32 Å². The third-order valence-corrected chi connectivity index (χ3v) is 2.27. The number of carbonyl (C=O) groups is 3. The summed E-state index contributed by atoms with van der Waals surface area (Å²) in [4.78, 5) is 34.3. The molecular formula is C10H4F2N2O4. The first-order chi connectivity index (χ1) is 8.45. The number of carbonyl (C=O) groups excluding carboxylic acids is 3. The van der Waals surface area contributed by atoms with Crippen LogP contribution < -0.4 is 5.32 Å². The van der Waals surface area contributed by atoms with E-state index in [1.54, 1.807) is 0 Å². The Kier molecular flexibility index (Phi) is 2.62. The number of ketones is 2. The number of anilines is 1. The van der Waals surface area contributed by atoms with E-state index in [-0.39, 0.29) is 0 Å². The van der Waals surface area contributed by atoms with Crippen molar-refractivity contribution in [1.29, 1.82) is 0 Å². The molecule has 0 saturated heterocycles. The van der Waals surface area contributed by atoms with Gasteiger partial charge in [0.15, 0.2) is 0 Å². The molecule has 8 heteroatoms. The van der Waals surface area contributed by atoms with E-state index < -0.39 is 46.1 Å². The highest BCUT2D eigenvalue weighted by Gasteiger charge is 2.36. The van der Waals surface area contributed by atoms with Crippen molar-refractivity contribution in [3.05, 3.63) is 29.3 Å². The minimum Gasteiger partial charge on any atom is -0.410 e. The first kappa shape index (κ1) is 11.8. The molecule has 6 nitrogen and oxygen atoms in total. The molecule has 2 N–H and O–H groups in total. The van der Waals surface area contributed by atoms with Crippen LogP contribution in [0.2, 0.25) is 0 Å². The monoisotopic (exact) mass is 254 g/mol. The lowest BCUT2D eigenvalue weighted by Gasteiger charge is -2.05. The van der Waals surface area contributed by atoms with Gasteiger partial charge in [-0.15, -0.1) is 0 Å². The summed E-state index contributed by atoms with van der Waals surface area (Å²) in [5.41, 5.74) is -2.35. The lowest BCUT2D eigenvalue weighted by molar-refractivity contribution is -0.130. The zero-order valence-corrected chi connectivity index (χ0v) is 8.53. The summed E-state index contributed by atoms with van der Waals surface area (Å²) in [7, 11) is 0. The van der Waals surface area contributed by atoms with E-state index in [4.69, 9.17) is 5.21 Å². The summed E-state index contributed by atoms with van der Waals surface area (Å²) < 4.78 is 26.4.